The maximum atomic E-state index is 12.0. The van der Waals surface area contributed by atoms with Crippen LogP contribution in [-0.4, -0.2) is 65.2 Å². The van der Waals surface area contributed by atoms with E-state index >= 15 is 0 Å². The van der Waals surface area contributed by atoms with E-state index in [1.54, 1.807) is 5.51 Å². The van der Waals surface area contributed by atoms with E-state index in [-0.39, 0.29) is 5.91 Å². The fraction of sp³-hybridized carbons (Fsp3) is 0.353. The van der Waals surface area contributed by atoms with Gasteiger partial charge in [0, 0.05) is 37.7 Å². The average molecular weight is 378 g/mol. The van der Waals surface area contributed by atoms with Crippen LogP contribution in [0.3, 0.4) is 0 Å². The molecule has 1 aromatic heterocycles. The molecule has 2 heterocycles. The summed E-state index contributed by atoms with van der Waals surface area (Å²) in [5, 5.41) is 11.6. The normalized spacial score (nSPS) is 16.4. The SMILES string of the molecule is O=C(CN1CCN(C/C=C/c2ccc(Cl)cc2)CC1)Nc1nncs1. The quantitative estimate of drug-likeness (QED) is 0.837. The Morgan fingerprint density at radius 1 is 1.20 bits per heavy atom. The summed E-state index contributed by atoms with van der Waals surface area (Å²) >= 11 is 7.21. The van der Waals surface area contributed by atoms with Crippen LogP contribution in [0.5, 0.6) is 0 Å². The lowest BCUT2D eigenvalue weighted by Gasteiger charge is -2.33. The van der Waals surface area contributed by atoms with Crippen molar-refractivity contribution >= 4 is 40.1 Å². The van der Waals surface area contributed by atoms with Crippen LogP contribution in [0, 0.1) is 0 Å². The molecule has 3 rings (SSSR count). The topological polar surface area (TPSA) is 61.4 Å². The van der Waals surface area contributed by atoms with Crippen molar-refractivity contribution in [3.05, 3.63) is 46.4 Å². The Kier molecular flexibility index (Phi) is 6.52. The van der Waals surface area contributed by atoms with Crippen molar-refractivity contribution in [2.45, 2.75) is 0 Å². The molecule has 1 amide bonds. The Balaban J connectivity index is 1.36. The molecule has 0 spiro atoms. The highest BCUT2D eigenvalue weighted by Crippen LogP contribution is 2.11. The highest BCUT2D eigenvalue weighted by molar-refractivity contribution is 7.13. The van der Waals surface area contributed by atoms with Gasteiger partial charge in [0.15, 0.2) is 0 Å². The van der Waals surface area contributed by atoms with Gasteiger partial charge in [-0.25, -0.2) is 0 Å². The van der Waals surface area contributed by atoms with E-state index in [1.165, 1.54) is 11.3 Å². The Morgan fingerprint density at radius 3 is 2.60 bits per heavy atom. The van der Waals surface area contributed by atoms with Gasteiger partial charge in [-0.3, -0.25) is 19.9 Å². The van der Waals surface area contributed by atoms with Crippen LogP contribution in [0.2, 0.25) is 5.02 Å². The lowest BCUT2D eigenvalue weighted by molar-refractivity contribution is -0.117. The number of rotatable bonds is 6. The van der Waals surface area contributed by atoms with E-state index in [9.17, 15) is 4.79 Å². The summed E-state index contributed by atoms with van der Waals surface area (Å²) in [6, 6.07) is 7.81. The number of piperazine rings is 1. The number of anilines is 1. The van der Waals surface area contributed by atoms with Crippen LogP contribution in [0.25, 0.3) is 6.08 Å². The molecule has 8 heteroatoms. The number of nitrogens with one attached hydrogen (secondary N) is 1. The summed E-state index contributed by atoms with van der Waals surface area (Å²) in [5.74, 6) is -0.0344. The van der Waals surface area contributed by atoms with Crippen LogP contribution in [0.15, 0.2) is 35.9 Å². The minimum absolute atomic E-state index is 0.0344. The van der Waals surface area contributed by atoms with Crippen molar-refractivity contribution in [1.29, 1.82) is 0 Å². The van der Waals surface area contributed by atoms with E-state index in [2.05, 4.69) is 37.5 Å². The van der Waals surface area contributed by atoms with Gasteiger partial charge in [0.1, 0.15) is 5.51 Å². The molecule has 1 aromatic carbocycles. The summed E-state index contributed by atoms with van der Waals surface area (Å²) in [6.07, 6.45) is 4.28. The van der Waals surface area contributed by atoms with Crippen LogP contribution >= 0.6 is 22.9 Å². The molecule has 0 unspecified atom stereocenters. The molecular weight excluding hydrogens is 358 g/mol. The molecule has 0 saturated carbocycles. The van der Waals surface area contributed by atoms with Crippen LogP contribution in [-0.2, 0) is 4.79 Å². The number of carbonyl (C=O) groups is 1. The van der Waals surface area contributed by atoms with Crippen LogP contribution in [0.4, 0.5) is 5.13 Å². The van der Waals surface area contributed by atoms with E-state index in [0.717, 1.165) is 43.3 Å². The number of carbonyl (C=O) groups excluding carboxylic acids is 1. The third-order valence-corrected chi connectivity index (χ3v) is 4.84. The van der Waals surface area contributed by atoms with Gasteiger partial charge < -0.3 is 0 Å². The highest BCUT2D eigenvalue weighted by Gasteiger charge is 2.18. The smallest absolute Gasteiger partial charge is 0.240 e. The van der Waals surface area contributed by atoms with Gasteiger partial charge in [-0.05, 0) is 17.7 Å². The lowest BCUT2D eigenvalue weighted by atomic mass is 10.2. The summed E-state index contributed by atoms with van der Waals surface area (Å²) in [7, 11) is 0. The van der Waals surface area contributed by atoms with E-state index in [4.69, 9.17) is 11.6 Å². The Hall–Kier alpha value is -1.80. The molecule has 0 aliphatic carbocycles. The van der Waals surface area contributed by atoms with Crippen molar-refractivity contribution in [2.75, 3.05) is 44.6 Å². The molecular formula is C17H20ClN5OS. The van der Waals surface area contributed by atoms with E-state index in [0.29, 0.717) is 11.7 Å². The first-order valence-electron chi connectivity index (χ1n) is 8.12. The van der Waals surface area contributed by atoms with Crippen molar-refractivity contribution in [2.24, 2.45) is 0 Å². The van der Waals surface area contributed by atoms with Gasteiger partial charge >= 0.3 is 0 Å². The molecule has 0 bridgehead atoms. The van der Waals surface area contributed by atoms with Crippen molar-refractivity contribution in [3.63, 3.8) is 0 Å². The van der Waals surface area contributed by atoms with Gasteiger partial charge in [-0.15, -0.1) is 10.2 Å². The second kappa shape index (κ2) is 9.05. The van der Waals surface area contributed by atoms with Crippen molar-refractivity contribution < 1.29 is 4.79 Å². The zero-order chi connectivity index (χ0) is 17.5. The Labute approximate surface area is 156 Å². The zero-order valence-electron chi connectivity index (χ0n) is 13.8. The maximum Gasteiger partial charge on any atom is 0.240 e. The Morgan fingerprint density at radius 2 is 1.92 bits per heavy atom. The second-order valence-corrected chi connectivity index (χ2v) is 7.09. The van der Waals surface area contributed by atoms with Crippen molar-refractivity contribution in [1.82, 2.24) is 20.0 Å². The summed E-state index contributed by atoms with van der Waals surface area (Å²) in [6.45, 7) is 4.99. The summed E-state index contributed by atoms with van der Waals surface area (Å²) in [4.78, 5) is 16.5. The molecule has 6 nitrogen and oxygen atoms in total. The molecule has 1 aliphatic heterocycles. The summed E-state index contributed by atoms with van der Waals surface area (Å²) < 4.78 is 0. The number of halogens is 1. The first-order valence-corrected chi connectivity index (χ1v) is 9.37. The van der Waals surface area contributed by atoms with Crippen LogP contribution in [0.1, 0.15) is 5.56 Å². The number of nitrogens with zero attached hydrogens (tertiary/aromatic N) is 4. The summed E-state index contributed by atoms with van der Waals surface area (Å²) in [5.41, 5.74) is 2.75. The standard InChI is InChI=1S/C17H20ClN5OS/c18-15-5-3-14(4-6-15)2-1-7-22-8-10-23(11-9-22)12-16(24)20-17-21-19-13-25-17/h1-6,13H,7-12H2,(H,20,21,24)/b2-1+. The van der Waals surface area contributed by atoms with E-state index < -0.39 is 0 Å². The average Bonchev–Trinajstić information content (AvgIpc) is 3.11. The minimum atomic E-state index is -0.0344. The number of aromatic nitrogens is 2. The molecule has 132 valence electrons. The van der Waals surface area contributed by atoms with Gasteiger partial charge in [0.2, 0.25) is 11.0 Å². The molecule has 0 atom stereocenters. The highest BCUT2D eigenvalue weighted by atomic mass is 35.5. The Bertz CT molecular complexity index is 696. The third-order valence-electron chi connectivity index (χ3n) is 3.98. The second-order valence-electron chi connectivity index (χ2n) is 5.82. The van der Waals surface area contributed by atoms with E-state index in [1.807, 2.05) is 24.3 Å². The van der Waals surface area contributed by atoms with Gasteiger partial charge in [-0.1, -0.05) is 47.2 Å². The van der Waals surface area contributed by atoms with Gasteiger partial charge in [-0.2, -0.15) is 0 Å². The molecule has 1 N–H and O–H groups in total. The predicted molar refractivity (Wildman–Crippen MR) is 102 cm³/mol. The fourth-order valence-corrected chi connectivity index (χ4v) is 3.22. The minimum Gasteiger partial charge on any atom is -0.299 e. The monoisotopic (exact) mass is 377 g/mol. The first kappa shape index (κ1) is 18.0. The number of hydrogen-bond donors (Lipinski definition) is 1. The van der Waals surface area contributed by atoms with Gasteiger partial charge in [0.05, 0.1) is 6.54 Å². The predicted octanol–water partition coefficient (Wildman–Crippen LogP) is 2.46. The van der Waals surface area contributed by atoms with Crippen LogP contribution < -0.4 is 5.32 Å². The van der Waals surface area contributed by atoms with Crippen molar-refractivity contribution in [3.8, 4) is 0 Å². The number of benzene rings is 1. The van der Waals surface area contributed by atoms with Gasteiger partial charge in [0.25, 0.3) is 0 Å². The zero-order valence-corrected chi connectivity index (χ0v) is 15.3. The fourth-order valence-electron chi connectivity index (χ4n) is 2.63. The molecule has 1 aliphatic rings. The molecule has 2 aromatic rings. The molecule has 1 saturated heterocycles. The number of amides is 1. The first-order chi connectivity index (χ1) is 12.2. The third kappa shape index (κ3) is 5.89. The molecule has 0 radical (unpaired) electrons. The molecule has 25 heavy (non-hydrogen) atoms. The lowest BCUT2D eigenvalue weighted by Crippen LogP contribution is -2.48. The molecule has 1 fully saturated rings. The number of hydrogen-bond acceptors (Lipinski definition) is 6. The maximum absolute atomic E-state index is 12.0. The largest absolute Gasteiger partial charge is 0.299 e.